The highest BCUT2D eigenvalue weighted by Gasteiger charge is 2.25. The molecule has 2 heterocycles. The van der Waals surface area contributed by atoms with Crippen LogP contribution in [0, 0.1) is 18.7 Å². The van der Waals surface area contributed by atoms with Gasteiger partial charge in [-0.15, -0.1) is 11.3 Å². The van der Waals surface area contributed by atoms with Gasteiger partial charge in [-0.2, -0.15) is 0 Å². The zero-order valence-electron chi connectivity index (χ0n) is 13.8. The van der Waals surface area contributed by atoms with Crippen molar-refractivity contribution >= 4 is 17.2 Å². The number of amides is 1. The second-order valence-electron chi connectivity index (χ2n) is 6.30. The summed E-state index contributed by atoms with van der Waals surface area (Å²) in [5.41, 5.74) is 1.94. The Labute approximate surface area is 145 Å². The van der Waals surface area contributed by atoms with E-state index in [2.05, 4.69) is 15.2 Å². The van der Waals surface area contributed by atoms with E-state index in [1.54, 1.807) is 23.5 Å². The average Bonchev–Trinajstić information content (AvgIpc) is 2.98. The van der Waals surface area contributed by atoms with Crippen molar-refractivity contribution in [2.75, 3.05) is 13.1 Å². The Morgan fingerprint density at radius 1 is 1.50 bits per heavy atom. The number of aryl methyl sites for hydroxylation is 1. The molecule has 24 heavy (non-hydrogen) atoms. The smallest absolute Gasteiger partial charge is 0.224 e. The summed E-state index contributed by atoms with van der Waals surface area (Å²) in [6, 6.07) is 6.68. The SMILES string of the molecule is Cc1csc(CNC(=O)[C@H]2CCCN(Cc3cccc(F)c3)C2)n1. The van der Waals surface area contributed by atoms with Gasteiger partial charge in [-0.05, 0) is 44.0 Å². The number of hydrogen-bond acceptors (Lipinski definition) is 4. The third kappa shape index (κ3) is 4.61. The molecule has 1 aromatic heterocycles. The van der Waals surface area contributed by atoms with Gasteiger partial charge >= 0.3 is 0 Å². The first kappa shape index (κ1) is 17.0. The van der Waals surface area contributed by atoms with Crippen LogP contribution in [0.3, 0.4) is 0 Å². The number of benzene rings is 1. The first-order valence-corrected chi connectivity index (χ1v) is 9.13. The van der Waals surface area contributed by atoms with E-state index < -0.39 is 0 Å². The van der Waals surface area contributed by atoms with Crippen LogP contribution < -0.4 is 5.32 Å². The van der Waals surface area contributed by atoms with Gasteiger partial charge in [-0.1, -0.05) is 12.1 Å². The number of nitrogens with zero attached hydrogens (tertiary/aromatic N) is 2. The Hall–Kier alpha value is -1.79. The number of carbonyl (C=O) groups excluding carboxylic acids is 1. The molecule has 0 saturated carbocycles. The van der Waals surface area contributed by atoms with Crippen molar-refractivity contribution in [1.29, 1.82) is 0 Å². The van der Waals surface area contributed by atoms with Crippen molar-refractivity contribution in [2.45, 2.75) is 32.9 Å². The van der Waals surface area contributed by atoms with Crippen molar-refractivity contribution in [3.05, 3.63) is 51.7 Å². The summed E-state index contributed by atoms with van der Waals surface area (Å²) < 4.78 is 13.3. The van der Waals surface area contributed by atoms with E-state index in [1.165, 1.54) is 6.07 Å². The van der Waals surface area contributed by atoms with Gasteiger partial charge in [0.25, 0.3) is 0 Å². The third-order valence-corrected chi connectivity index (χ3v) is 5.22. The molecule has 1 amide bonds. The fourth-order valence-electron chi connectivity index (χ4n) is 3.10. The minimum absolute atomic E-state index is 0.00614. The molecule has 1 aromatic carbocycles. The monoisotopic (exact) mass is 347 g/mol. The number of carbonyl (C=O) groups is 1. The first-order chi connectivity index (χ1) is 11.6. The predicted octanol–water partition coefficient (Wildman–Crippen LogP) is 3.12. The summed E-state index contributed by atoms with van der Waals surface area (Å²) in [6.07, 6.45) is 1.89. The molecule has 1 saturated heterocycles. The molecular formula is C18H22FN3OS. The van der Waals surface area contributed by atoms with Crippen LogP contribution in [0.15, 0.2) is 29.6 Å². The van der Waals surface area contributed by atoms with Gasteiger partial charge in [0, 0.05) is 24.2 Å². The molecule has 0 bridgehead atoms. The summed E-state index contributed by atoms with van der Waals surface area (Å²) >= 11 is 1.57. The number of piperidine rings is 1. The van der Waals surface area contributed by atoms with Gasteiger partial charge in [-0.25, -0.2) is 9.37 Å². The number of likely N-dealkylation sites (tertiary alicyclic amines) is 1. The van der Waals surface area contributed by atoms with Gasteiger partial charge in [0.15, 0.2) is 0 Å². The van der Waals surface area contributed by atoms with Gasteiger partial charge in [0.05, 0.1) is 12.5 Å². The number of halogens is 1. The Morgan fingerprint density at radius 3 is 3.12 bits per heavy atom. The van der Waals surface area contributed by atoms with Crippen molar-refractivity contribution in [3.8, 4) is 0 Å². The Kier molecular flexibility index (Phi) is 5.58. The molecule has 1 aliphatic rings. The van der Waals surface area contributed by atoms with Crippen LogP contribution >= 0.6 is 11.3 Å². The maximum Gasteiger partial charge on any atom is 0.224 e. The number of thiazole rings is 1. The first-order valence-electron chi connectivity index (χ1n) is 8.25. The molecule has 128 valence electrons. The third-order valence-electron chi connectivity index (χ3n) is 4.25. The maximum atomic E-state index is 13.3. The lowest BCUT2D eigenvalue weighted by Crippen LogP contribution is -2.42. The molecule has 0 radical (unpaired) electrons. The lowest BCUT2D eigenvalue weighted by atomic mass is 9.96. The molecule has 1 aliphatic heterocycles. The van der Waals surface area contributed by atoms with Crippen LogP contribution in [0.1, 0.15) is 29.1 Å². The van der Waals surface area contributed by atoms with Gasteiger partial charge in [-0.3, -0.25) is 9.69 Å². The molecule has 6 heteroatoms. The van der Waals surface area contributed by atoms with E-state index in [-0.39, 0.29) is 17.6 Å². The van der Waals surface area contributed by atoms with Gasteiger partial charge < -0.3 is 5.32 Å². The van der Waals surface area contributed by atoms with E-state index in [1.807, 2.05) is 18.4 Å². The summed E-state index contributed by atoms with van der Waals surface area (Å²) in [6.45, 7) is 4.81. The van der Waals surface area contributed by atoms with E-state index >= 15 is 0 Å². The largest absolute Gasteiger partial charge is 0.349 e. The normalized spacial score (nSPS) is 18.5. The van der Waals surface area contributed by atoms with E-state index in [9.17, 15) is 9.18 Å². The molecule has 1 atom stereocenters. The van der Waals surface area contributed by atoms with E-state index in [0.29, 0.717) is 13.1 Å². The summed E-state index contributed by atoms with van der Waals surface area (Å²) in [5, 5.41) is 5.92. The van der Waals surface area contributed by atoms with Crippen LogP contribution in [-0.2, 0) is 17.9 Å². The number of hydrogen-bond donors (Lipinski definition) is 1. The fraction of sp³-hybridized carbons (Fsp3) is 0.444. The molecule has 0 unspecified atom stereocenters. The van der Waals surface area contributed by atoms with Crippen LogP contribution in [0.2, 0.25) is 0 Å². The lowest BCUT2D eigenvalue weighted by molar-refractivity contribution is -0.126. The van der Waals surface area contributed by atoms with Crippen molar-refractivity contribution in [2.24, 2.45) is 5.92 Å². The molecule has 0 spiro atoms. The second-order valence-corrected chi connectivity index (χ2v) is 7.25. The Balaban J connectivity index is 1.51. The molecule has 4 nitrogen and oxygen atoms in total. The highest BCUT2D eigenvalue weighted by Crippen LogP contribution is 2.19. The van der Waals surface area contributed by atoms with Crippen LogP contribution in [0.5, 0.6) is 0 Å². The van der Waals surface area contributed by atoms with E-state index in [4.69, 9.17) is 0 Å². The number of nitrogens with one attached hydrogen (secondary N) is 1. The lowest BCUT2D eigenvalue weighted by Gasteiger charge is -2.32. The molecule has 1 fully saturated rings. The van der Waals surface area contributed by atoms with Crippen molar-refractivity contribution in [3.63, 3.8) is 0 Å². The quantitative estimate of drug-likeness (QED) is 0.904. The minimum Gasteiger partial charge on any atom is -0.349 e. The highest BCUT2D eigenvalue weighted by molar-refractivity contribution is 7.09. The van der Waals surface area contributed by atoms with Crippen LogP contribution in [-0.4, -0.2) is 28.9 Å². The van der Waals surface area contributed by atoms with E-state index in [0.717, 1.165) is 42.2 Å². The number of rotatable bonds is 5. The van der Waals surface area contributed by atoms with Gasteiger partial charge in [0.1, 0.15) is 10.8 Å². The summed E-state index contributed by atoms with van der Waals surface area (Å²) in [5.74, 6) is -0.127. The van der Waals surface area contributed by atoms with Crippen LogP contribution in [0.25, 0.3) is 0 Å². The fourth-order valence-corrected chi connectivity index (χ4v) is 3.81. The van der Waals surface area contributed by atoms with Crippen molar-refractivity contribution in [1.82, 2.24) is 15.2 Å². The summed E-state index contributed by atoms with van der Waals surface area (Å²) in [4.78, 5) is 19.0. The topological polar surface area (TPSA) is 45.2 Å². The van der Waals surface area contributed by atoms with Gasteiger partial charge in [0.2, 0.25) is 5.91 Å². The molecule has 3 rings (SSSR count). The minimum atomic E-state index is -0.211. The zero-order chi connectivity index (χ0) is 16.9. The highest BCUT2D eigenvalue weighted by atomic mass is 32.1. The molecule has 2 aromatic rings. The average molecular weight is 347 g/mol. The Morgan fingerprint density at radius 2 is 2.38 bits per heavy atom. The predicted molar refractivity (Wildman–Crippen MR) is 93.1 cm³/mol. The molecular weight excluding hydrogens is 325 g/mol. The second kappa shape index (κ2) is 7.85. The number of aromatic nitrogens is 1. The molecule has 1 N–H and O–H groups in total. The zero-order valence-corrected chi connectivity index (χ0v) is 14.6. The molecule has 0 aliphatic carbocycles. The Bertz CT molecular complexity index is 703. The maximum absolute atomic E-state index is 13.3. The van der Waals surface area contributed by atoms with Crippen molar-refractivity contribution < 1.29 is 9.18 Å². The standard InChI is InChI=1S/C18H22FN3OS/c1-13-12-24-17(21-13)9-20-18(23)15-5-3-7-22(11-15)10-14-4-2-6-16(19)8-14/h2,4,6,8,12,15H,3,5,7,9-11H2,1H3,(H,20,23)/t15-/m0/s1. The van der Waals surface area contributed by atoms with Crippen LogP contribution in [0.4, 0.5) is 4.39 Å². The summed E-state index contributed by atoms with van der Waals surface area (Å²) in [7, 11) is 0.